The first kappa shape index (κ1) is 19.8. The molecule has 0 saturated heterocycles. The molecule has 2 heteroatoms. The zero-order valence-corrected chi connectivity index (χ0v) is 15.6. The van der Waals surface area contributed by atoms with E-state index in [-0.39, 0.29) is 10.8 Å². The molecule has 2 rings (SSSR count). The summed E-state index contributed by atoms with van der Waals surface area (Å²) in [5.74, 6) is 0. The van der Waals surface area contributed by atoms with Crippen LogP contribution in [-0.2, 0) is 10.8 Å². The summed E-state index contributed by atoms with van der Waals surface area (Å²) in [5.41, 5.74) is 4.24. The molecule has 2 aromatic rings. The Morgan fingerprint density at radius 3 is 1.54 bits per heavy atom. The fourth-order valence-electron chi connectivity index (χ4n) is 2.14. The average molecular weight is 324 g/mol. The third kappa shape index (κ3) is 6.11. The van der Waals surface area contributed by atoms with E-state index in [9.17, 15) is 9.59 Å². The molecule has 0 atom stereocenters. The zero-order chi connectivity index (χ0) is 18.4. The number of benzene rings is 2. The van der Waals surface area contributed by atoms with E-state index >= 15 is 0 Å². The smallest absolute Gasteiger partial charge is 0.150 e. The summed E-state index contributed by atoms with van der Waals surface area (Å²) < 4.78 is 0. The maximum Gasteiger partial charge on any atom is 0.150 e. The molecule has 0 radical (unpaired) electrons. The highest BCUT2D eigenvalue weighted by Crippen LogP contribution is 2.22. The van der Waals surface area contributed by atoms with Gasteiger partial charge in [-0.2, -0.15) is 0 Å². The van der Waals surface area contributed by atoms with Gasteiger partial charge < -0.3 is 0 Å². The second kappa shape index (κ2) is 8.05. The Morgan fingerprint density at radius 1 is 0.625 bits per heavy atom. The lowest BCUT2D eigenvalue weighted by Crippen LogP contribution is -2.10. The highest BCUT2D eigenvalue weighted by atomic mass is 16.1. The Bertz CT molecular complexity index is 668. The van der Waals surface area contributed by atoms with Crippen LogP contribution in [0.15, 0.2) is 48.5 Å². The summed E-state index contributed by atoms with van der Waals surface area (Å²) in [4.78, 5) is 20.9. The van der Waals surface area contributed by atoms with Crippen LogP contribution in [0.4, 0.5) is 0 Å². The molecular formula is C22H28O2. The van der Waals surface area contributed by atoms with Gasteiger partial charge in [0.05, 0.1) is 0 Å². The molecule has 0 saturated carbocycles. The van der Waals surface area contributed by atoms with Gasteiger partial charge in [-0.05, 0) is 28.0 Å². The second-order valence-electron chi connectivity index (χ2n) is 7.98. The third-order valence-electron chi connectivity index (χ3n) is 3.80. The van der Waals surface area contributed by atoms with Crippen molar-refractivity contribution in [1.29, 1.82) is 0 Å². The highest BCUT2D eigenvalue weighted by molar-refractivity contribution is 5.75. The summed E-state index contributed by atoms with van der Waals surface area (Å²) in [6, 6.07) is 15.4. The highest BCUT2D eigenvalue weighted by Gasteiger charge is 2.13. The molecule has 2 aromatic carbocycles. The van der Waals surface area contributed by atoms with Gasteiger partial charge in [0.1, 0.15) is 12.6 Å². The van der Waals surface area contributed by atoms with E-state index in [0.29, 0.717) is 0 Å². The SMILES string of the molecule is CC(C)(C)c1ccc(C=O)cc1.CC(C)(C)c1cccc(C=O)c1. The van der Waals surface area contributed by atoms with Crippen molar-refractivity contribution >= 4 is 12.6 Å². The molecule has 24 heavy (non-hydrogen) atoms. The fourth-order valence-corrected chi connectivity index (χ4v) is 2.14. The van der Waals surface area contributed by atoms with Crippen LogP contribution >= 0.6 is 0 Å². The monoisotopic (exact) mass is 324 g/mol. The molecule has 0 fully saturated rings. The van der Waals surface area contributed by atoms with E-state index < -0.39 is 0 Å². The van der Waals surface area contributed by atoms with Gasteiger partial charge in [0.2, 0.25) is 0 Å². The first-order chi connectivity index (χ1) is 11.1. The minimum atomic E-state index is 0.124. The number of rotatable bonds is 2. The van der Waals surface area contributed by atoms with Crippen molar-refractivity contribution in [3.63, 3.8) is 0 Å². The molecular weight excluding hydrogens is 296 g/mol. The minimum absolute atomic E-state index is 0.124. The lowest BCUT2D eigenvalue weighted by atomic mass is 9.86. The number of aldehydes is 2. The van der Waals surface area contributed by atoms with Gasteiger partial charge in [-0.25, -0.2) is 0 Å². The fraction of sp³-hybridized carbons (Fsp3) is 0.364. The minimum Gasteiger partial charge on any atom is -0.298 e. The van der Waals surface area contributed by atoms with Gasteiger partial charge in [-0.1, -0.05) is 84.0 Å². The lowest BCUT2D eigenvalue weighted by molar-refractivity contribution is 0.111. The van der Waals surface area contributed by atoms with Crippen LogP contribution in [0.1, 0.15) is 73.4 Å². The number of hydrogen-bond donors (Lipinski definition) is 0. The Morgan fingerprint density at radius 2 is 1.12 bits per heavy atom. The maximum absolute atomic E-state index is 10.5. The summed E-state index contributed by atoms with van der Waals surface area (Å²) in [6.45, 7) is 12.9. The van der Waals surface area contributed by atoms with Crippen LogP contribution in [0.2, 0.25) is 0 Å². The largest absolute Gasteiger partial charge is 0.298 e. The van der Waals surface area contributed by atoms with Crippen molar-refractivity contribution in [2.45, 2.75) is 52.4 Å². The molecule has 0 spiro atoms. The van der Waals surface area contributed by atoms with Crippen molar-refractivity contribution in [2.24, 2.45) is 0 Å². The second-order valence-corrected chi connectivity index (χ2v) is 7.98. The van der Waals surface area contributed by atoms with Gasteiger partial charge in [0.15, 0.2) is 0 Å². The van der Waals surface area contributed by atoms with E-state index in [4.69, 9.17) is 0 Å². The van der Waals surface area contributed by atoms with Crippen molar-refractivity contribution < 1.29 is 9.59 Å². The quantitative estimate of drug-likeness (QED) is 0.674. The Labute approximate surface area is 145 Å². The molecule has 0 unspecified atom stereocenters. The molecule has 0 heterocycles. The van der Waals surface area contributed by atoms with E-state index in [1.165, 1.54) is 11.1 Å². The standard InChI is InChI=1S/2C11H14O/c1-11(2,3)10-6-4-9(8-12)5-7-10;1-11(2,3)10-6-4-5-9(7-10)8-12/h2*4-8H,1-3H3. The predicted octanol–water partition coefficient (Wildman–Crippen LogP) is 5.59. The zero-order valence-electron chi connectivity index (χ0n) is 15.6. The average Bonchev–Trinajstić information content (AvgIpc) is 2.54. The van der Waals surface area contributed by atoms with E-state index in [0.717, 1.165) is 23.7 Å². The van der Waals surface area contributed by atoms with E-state index in [2.05, 4.69) is 41.5 Å². The summed E-state index contributed by atoms with van der Waals surface area (Å²) in [6.07, 6.45) is 1.75. The molecule has 2 nitrogen and oxygen atoms in total. The molecule has 0 aliphatic rings. The van der Waals surface area contributed by atoms with Crippen molar-refractivity contribution in [2.75, 3.05) is 0 Å². The molecule has 128 valence electrons. The molecule has 0 aromatic heterocycles. The van der Waals surface area contributed by atoms with Crippen LogP contribution in [0, 0.1) is 0 Å². The summed E-state index contributed by atoms with van der Waals surface area (Å²) in [7, 11) is 0. The van der Waals surface area contributed by atoms with Crippen molar-refractivity contribution in [3.8, 4) is 0 Å². The maximum atomic E-state index is 10.5. The molecule has 0 amide bonds. The van der Waals surface area contributed by atoms with Crippen LogP contribution in [0.25, 0.3) is 0 Å². The Balaban J connectivity index is 0.000000240. The van der Waals surface area contributed by atoms with Gasteiger partial charge in [-0.3, -0.25) is 9.59 Å². The van der Waals surface area contributed by atoms with Gasteiger partial charge in [0.25, 0.3) is 0 Å². The third-order valence-corrected chi connectivity index (χ3v) is 3.80. The first-order valence-electron chi connectivity index (χ1n) is 8.19. The molecule has 0 aliphatic carbocycles. The first-order valence-corrected chi connectivity index (χ1v) is 8.19. The predicted molar refractivity (Wildman–Crippen MR) is 101 cm³/mol. The van der Waals surface area contributed by atoms with Gasteiger partial charge in [0, 0.05) is 11.1 Å². The van der Waals surface area contributed by atoms with Crippen LogP contribution in [0.3, 0.4) is 0 Å². The molecule has 0 bridgehead atoms. The van der Waals surface area contributed by atoms with Gasteiger partial charge in [-0.15, -0.1) is 0 Å². The molecule has 0 aliphatic heterocycles. The van der Waals surface area contributed by atoms with Crippen LogP contribution in [-0.4, -0.2) is 12.6 Å². The molecule has 0 N–H and O–H groups in total. The van der Waals surface area contributed by atoms with Crippen molar-refractivity contribution in [3.05, 3.63) is 70.8 Å². The Hall–Kier alpha value is -2.22. The van der Waals surface area contributed by atoms with E-state index in [1.54, 1.807) is 0 Å². The van der Waals surface area contributed by atoms with E-state index in [1.807, 2.05) is 48.5 Å². The van der Waals surface area contributed by atoms with Crippen molar-refractivity contribution in [1.82, 2.24) is 0 Å². The topological polar surface area (TPSA) is 34.1 Å². The summed E-state index contributed by atoms with van der Waals surface area (Å²) >= 11 is 0. The number of hydrogen-bond acceptors (Lipinski definition) is 2. The van der Waals surface area contributed by atoms with Crippen LogP contribution in [0.5, 0.6) is 0 Å². The normalized spacial score (nSPS) is 11.2. The van der Waals surface area contributed by atoms with Crippen LogP contribution < -0.4 is 0 Å². The summed E-state index contributed by atoms with van der Waals surface area (Å²) in [5, 5.41) is 0. The lowest BCUT2D eigenvalue weighted by Gasteiger charge is -2.18. The van der Waals surface area contributed by atoms with Gasteiger partial charge >= 0.3 is 0 Å². The number of carbonyl (C=O) groups is 2. The Kier molecular flexibility index (Phi) is 6.65. The number of carbonyl (C=O) groups excluding carboxylic acids is 2.